The fraction of sp³-hybridized carbons (Fsp3) is 0.182. The number of aliphatic hydroxyl groups is 1. The minimum absolute atomic E-state index is 0.00406. The highest BCUT2D eigenvalue weighted by molar-refractivity contribution is 7.17. The number of benzene rings is 1. The van der Waals surface area contributed by atoms with Crippen LogP contribution >= 0.6 is 11.3 Å². The summed E-state index contributed by atoms with van der Waals surface area (Å²) in [4.78, 5) is 54.7. The third kappa shape index (κ3) is 3.73. The molecule has 1 N–H and O–H groups in total. The molecule has 3 heterocycles. The molecule has 2 aromatic heterocycles. The fourth-order valence-corrected chi connectivity index (χ4v) is 4.63. The van der Waals surface area contributed by atoms with Gasteiger partial charge in [-0.25, -0.2) is 9.78 Å². The van der Waals surface area contributed by atoms with E-state index in [1.165, 1.54) is 37.4 Å². The summed E-state index contributed by atoms with van der Waals surface area (Å²) in [7, 11) is 1.20. The fourth-order valence-electron chi connectivity index (χ4n) is 3.61. The molecular formula is C22H17N3O8S. The SMILES string of the molecule is COC(=O)c1sc(N2C(=O)C(O)=C(C(=O)c3ccc(C)o3)C2c2cccc([N+](=O)[O-])c2)nc1C. The van der Waals surface area contributed by atoms with Gasteiger partial charge in [0, 0.05) is 12.1 Å². The largest absolute Gasteiger partial charge is 0.503 e. The number of aliphatic hydroxyl groups excluding tert-OH is 1. The third-order valence-electron chi connectivity index (χ3n) is 5.18. The number of amides is 1. The van der Waals surface area contributed by atoms with Crippen molar-refractivity contribution in [2.75, 3.05) is 12.0 Å². The second-order valence-corrected chi connectivity index (χ2v) is 8.31. The number of Topliss-reactive ketones (excluding diaryl/α,β-unsaturated/α-hetero) is 1. The van der Waals surface area contributed by atoms with Crippen molar-refractivity contribution in [3.05, 3.63) is 85.5 Å². The average molecular weight is 483 g/mol. The number of carbonyl (C=O) groups excluding carboxylic acids is 3. The maximum Gasteiger partial charge on any atom is 0.350 e. The highest BCUT2D eigenvalue weighted by Crippen LogP contribution is 2.44. The number of esters is 1. The van der Waals surface area contributed by atoms with E-state index in [1.807, 2.05) is 0 Å². The molecule has 3 aromatic rings. The second-order valence-electron chi connectivity index (χ2n) is 7.33. The molecule has 174 valence electrons. The number of nitro benzene ring substituents is 1. The van der Waals surface area contributed by atoms with Crippen LogP contribution in [0.15, 0.2) is 52.1 Å². The molecule has 1 aromatic carbocycles. The van der Waals surface area contributed by atoms with Gasteiger partial charge in [-0.1, -0.05) is 23.5 Å². The molecular weight excluding hydrogens is 466 g/mol. The Morgan fingerprint density at radius 2 is 2.00 bits per heavy atom. The summed E-state index contributed by atoms with van der Waals surface area (Å²) < 4.78 is 10.1. The van der Waals surface area contributed by atoms with Gasteiger partial charge in [-0.05, 0) is 31.5 Å². The van der Waals surface area contributed by atoms with Crippen molar-refractivity contribution in [3.63, 3.8) is 0 Å². The average Bonchev–Trinajstić information content (AvgIpc) is 3.49. The number of nitrogens with zero attached hydrogens (tertiary/aromatic N) is 3. The minimum Gasteiger partial charge on any atom is -0.503 e. The van der Waals surface area contributed by atoms with Gasteiger partial charge in [0.05, 0.1) is 29.3 Å². The van der Waals surface area contributed by atoms with E-state index in [4.69, 9.17) is 9.15 Å². The van der Waals surface area contributed by atoms with Crippen molar-refractivity contribution in [2.24, 2.45) is 0 Å². The minimum atomic E-state index is -1.26. The quantitative estimate of drug-likeness (QED) is 0.238. The zero-order valence-corrected chi connectivity index (χ0v) is 18.9. The van der Waals surface area contributed by atoms with Crippen molar-refractivity contribution in [2.45, 2.75) is 19.9 Å². The van der Waals surface area contributed by atoms with Gasteiger partial charge < -0.3 is 14.3 Å². The van der Waals surface area contributed by atoms with E-state index in [1.54, 1.807) is 19.9 Å². The van der Waals surface area contributed by atoms with Gasteiger partial charge in [0.15, 0.2) is 16.7 Å². The number of nitro groups is 1. The topological polar surface area (TPSA) is 153 Å². The van der Waals surface area contributed by atoms with E-state index < -0.39 is 34.4 Å². The molecule has 1 amide bonds. The maximum absolute atomic E-state index is 13.3. The molecule has 1 unspecified atom stereocenters. The van der Waals surface area contributed by atoms with Crippen LogP contribution in [-0.4, -0.2) is 39.8 Å². The standard InChI is InChI=1S/C22H17N3O8S/c1-10-7-8-14(33-10)17(26)15-16(12-5-4-6-13(9-12)25(30)31)24(20(28)18(15)27)22-23-11(2)19(34-22)21(29)32-3/h4-9,16,27H,1-3H3. The molecule has 0 spiro atoms. The number of ether oxygens (including phenoxy) is 1. The predicted octanol–water partition coefficient (Wildman–Crippen LogP) is 3.83. The number of hydrogen-bond donors (Lipinski definition) is 1. The van der Waals surface area contributed by atoms with Gasteiger partial charge in [0.1, 0.15) is 10.6 Å². The number of thiazole rings is 1. The third-order valence-corrected chi connectivity index (χ3v) is 6.31. The number of non-ortho nitro benzene ring substituents is 1. The summed E-state index contributed by atoms with van der Waals surface area (Å²) in [6.45, 7) is 3.17. The first-order valence-corrected chi connectivity index (χ1v) is 10.6. The van der Waals surface area contributed by atoms with E-state index >= 15 is 0 Å². The summed E-state index contributed by atoms with van der Waals surface area (Å²) in [6.07, 6.45) is 0. The molecule has 0 saturated heterocycles. The Bertz CT molecular complexity index is 1390. The van der Waals surface area contributed by atoms with Crippen molar-refractivity contribution in [1.82, 2.24) is 4.98 Å². The van der Waals surface area contributed by atoms with Crippen LogP contribution in [0.5, 0.6) is 0 Å². The highest BCUT2D eigenvalue weighted by Gasteiger charge is 2.47. The lowest BCUT2D eigenvalue weighted by atomic mass is 9.95. The Kier molecular flexibility index (Phi) is 5.75. The van der Waals surface area contributed by atoms with Crippen LogP contribution in [0.4, 0.5) is 10.8 Å². The van der Waals surface area contributed by atoms with Gasteiger partial charge in [-0.2, -0.15) is 0 Å². The Morgan fingerprint density at radius 3 is 2.62 bits per heavy atom. The number of ketones is 1. The van der Waals surface area contributed by atoms with Crippen molar-refractivity contribution in [1.29, 1.82) is 0 Å². The van der Waals surface area contributed by atoms with Crippen LogP contribution in [0, 0.1) is 24.0 Å². The number of carbonyl (C=O) groups is 3. The molecule has 0 bridgehead atoms. The van der Waals surface area contributed by atoms with Crippen LogP contribution in [-0.2, 0) is 9.53 Å². The smallest absolute Gasteiger partial charge is 0.350 e. The van der Waals surface area contributed by atoms with Gasteiger partial charge in [0.2, 0.25) is 5.78 Å². The Labute approximate surface area is 196 Å². The van der Waals surface area contributed by atoms with Crippen molar-refractivity contribution < 1.29 is 33.6 Å². The summed E-state index contributed by atoms with van der Waals surface area (Å²) >= 11 is 0.831. The summed E-state index contributed by atoms with van der Waals surface area (Å²) in [5.74, 6) is -2.90. The molecule has 12 heteroatoms. The van der Waals surface area contributed by atoms with Gasteiger partial charge in [0.25, 0.3) is 11.6 Å². The van der Waals surface area contributed by atoms with E-state index in [0.717, 1.165) is 16.2 Å². The van der Waals surface area contributed by atoms with Crippen LogP contribution in [0.2, 0.25) is 0 Å². The summed E-state index contributed by atoms with van der Waals surface area (Å²) in [6, 6.07) is 7.03. The Hall–Kier alpha value is -4.32. The number of aryl methyl sites for hydroxylation is 2. The first kappa shape index (κ1) is 22.9. The molecule has 1 atom stereocenters. The number of furan rings is 1. The van der Waals surface area contributed by atoms with Gasteiger partial charge >= 0.3 is 5.97 Å². The van der Waals surface area contributed by atoms with Gasteiger partial charge in [-0.3, -0.25) is 24.6 Å². The zero-order valence-electron chi connectivity index (χ0n) is 18.1. The summed E-state index contributed by atoms with van der Waals surface area (Å²) in [5, 5.41) is 22.1. The van der Waals surface area contributed by atoms with E-state index in [-0.39, 0.29) is 38.3 Å². The van der Waals surface area contributed by atoms with E-state index in [2.05, 4.69) is 4.98 Å². The molecule has 34 heavy (non-hydrogen) atoms. The molecule has 11 nitrogen and oxygen atoms in total. The molecule has 0 saturated carbocycles. The lowest BCUT2D eigenvalue weighted by Gasteiger charge is -2.24. The van der Waals surface area contributed by atoms with Crippen molar-refractivity contribution >= 4 is 39.8 Å². The van der Waals surface area contributed by atoms with Crippen LogP contribution in [0.25, 0.3) is 0 Å². The lowest BCUT2D eigenvalue weighted by molar-refractivity contribution is -0.384. The molecule has 4 rings (SSSR count). The monoisotopic (exact) mass is 483 g/mol. The van der Waals surface area contributed by atoms with Gasteiger partial charge in [-0.15, -0.1) is 0 Å². The van der Waals surface area contributed by atoms with Crippen LogP contribution < -0.4 is 4.90 Å². The maximum atomic E-state index is 13.3. The molecule has 0 fully saturated rings. The predicted molar refractivity (Wildman–Crippen MR) is 119 cm³/mol. The first-order valence-electron chi connectivity index (χ1n) is 9.82. The first-order chi connectivity index (χ1) is 16.1. The van der Waals surface area contributed by atoms with Crippen molar-refractivity contribution in [3.8, 4) is 0 Å². The molecule has 0 radical (unpaired) electrons. The molecule has 1 aliphatic heterocycles. The molecule has 0 aliphatic carbocycles. The second kappa shape index (κ2) is 8.56. The summed E-state index contributed by atoms with van der Waals surface area (Å²) in [5.41, 5.74) is -0.140. The van der Waals surface area contributed by atoms with E-state index in [0.29, 0.717) is 5.76 Å². The number of anilines is 1. The van der Waals surface area contributed by atoms with Crippen LogP contribution in [0.1, 0.15) is 43.3 Å². The van der Waals surface area contributed by atoms with Crippen LogP contribution in [0.3, 0.4) is 0 Å². The van der Waals surface area contributed by atoms with E-state index in [9.17, 15) is 29.6 Å². The Morgan fingerprint density at radius 1 is 1.26 bits per heavy atom. The Balaban J connectivity index is 1.91. The number of rotatable bonds is 6. The number of hydrogen-bond acceptors (Lipinski definition) is 10. The molecule has 1 aliphatic rings. The lowest BCUT2D eigenvalue weighted by Crippen LogP contribution is -2.31. The number of aromatic nitrogens is 1. The number of methoxy groups -OCH3 is 1. The normalized spacial score (nSPS) is 15.7. The highest BCUT2D eigenvalue weighted by atomic mass is 32.1. The zero-order chi connectivity index (χ0) is 24.7.